The molecule has 0 saturated carbocycles. The molecule has 0 saturated heterocycles. The van der Waals surface area contributed by atoms with E-state index in [1.165, 1.54) is 0 Å². The van der Waals surface area contributed by atoms with E-state index in [4.69, 9.17) is 9.84 Å². The molecule has 3 heteroatoms. The number of aliphatic hydroxyl groups excluding tert-OH is 2. The van der Waals surface area contributed by atoms with E-state index in [1.54, 1.807) is 6.08 Å². The highest BCUT2D eigenvalue weighted by atomic mass is 16.5. The van der Waals surface area contributed by atoms with Gasteiger partial charge in [-0.1, -0.05) is 54.6 Å². The third kappa shape index (κ3) is 7.57. The van der Waals surface area contributed by atoms with E-state index in [1.807, 2.05) is 36.4 Å². The second-order valence-electron chi connectivity index (χ2n) is 4.42. The first-order valence-electron chi connectivity index (χ1n) is 6.46. The maximum atomic E-state index is 9.68. The summed E-state index contributed by atoms with van der Waals surface area (Å²) in [5.41, 5.74) is 2.05. The lowest BCUT2D eigenvalue weighted by Crippen LogP contribution is -2.12. The molecule has 104 valence electrons. The summed E-state index contributed by atoms with van der Waals surface area (Å²) in [6.45, 7) is 4.72. The molecule has 1 rings (SSSR count). The Bertz CT molecular complexity index is 384. The normalized spacial score (nSPS) is 12.7. The van der Waals surface area contributed by atoms with Gasteiger partial charge in [-0.15, -0.1) is 0 Å². The number of hydrogen-bond donors (Lipinski definition) is 2. The lowest BCUT2D eigenvalue weighted by Gasteiger charge is -2.07. The zero-order chi connectivity index (χ0) is 13.9. The monoisotopic (exact) mass is 262 g/mol. The first kappa shape index (κ1) is 15.6. The third-order valence-corrected chi connectivity index (χ3v) is 2.63. The van der Waals surface area contributed by atoms with E-state index in [0.29, 0.717) is 19.4 Å². The van der Waals surface area contributed by atoms with Crippen molar-refractivity contribution in [1.82, 2.24) is 0 Å². The molecule has 19 heavy (non-hydrogen) atoms. The fourth-order valence-corrected chi connectivity index (χ4v) is 1.58. The third-order valence-electron chi connectivity index (χ3n) is 2.63. The molecule has 0 aliphatic rings. The molecule has 2 N–H and O–H groups in total. The molecule has 0 fully saturated rings. The van der Waals surface area contributed by atoms with E-state index < -0.39 is 6.10 Å². The van der Waals surface area contributed by atoms with Gasteiger partial charge in [0.05, 0.1) is 19.3 Å². The number of allylic oxidation sites excluding steroid dienone is 1. The maximum Gasteiger partial charge on any atom is 0.0954 e. The van der Waals surface area contributed by atoms with Gasteiger partial charge in [-0.3, -0.25) is 0 Å². The molecule has 0 amide bonds. The van der Waals surface area contributed by atoms with Gasteiger partial charge in [0.25, 0.3) is 0 Å². The Morgan fingerprint density at radius 1 is 1.32 bits per heavy atom. The minimum absolute atomic E-state index is 0.120. The quantitative estimate of drug-likeness (QED) is 0.672. The summed E-state index contributed by atoms with van der Waals surface area (Å²) in [6, 6.07) is 9.85. The molecule has 0 aliphatic carbocycles. The Morgan fingerprint density at radius 3 is 2.74 bits per heavy atom. The molecule has 0 aliphatic heterocycles. The van der Waals surface area contributed by atoms with Gasteiger partial charge in [-0.2, -0.15) is 0 Å². The topological polar surface area (TPSA) is 49.7 Å². The fraction of sp³-hybridized carbons (Fsp3) is 0.375. The minimum atomic E-state index is -0.606. The Kier molecular flexibility index (Phi) is 7.82. The number of hydrogen-bond acceptors (Lipinski definition) is 3. The van der Waals surface area contributed by atoms with Gasteiger partial charge < -0.3 is 14.9 Å². The van der Waals surface area contributed by atoms with Crippen molar-refractivity contribution < 1.29 is 14.9 Å². The molecule has 0 bridgehead atoms. The molecule has 0 radical (unpaired) electrons. The average molecular weight is 262 g/mol. The average Bonchev–Trinajstić information content (AvgIpc) is 2.40. The van der Waals surface area contributed by atoms with Crippen molar-refractivity contribution in [2.45, 2.75) is 25.6 Å². The van der Waals surface area contributed by atoms with Crippen LogP contribution in [0.1, 0.15) is 18.4 Å². The second-order valence-corrected chi connectivity index (χ2v) is 4.42. The Labute approximate surface area is 114 Å². The molecule has 0 heterocycles. The summed E-state index contributed by atoms with van der Waals surface area (Å²) in [7, 11) is 0. The highest BCUT2D eigenvalue weighted by Gasteiger charge is 1.99. The van der Waals surface area contributed by atoms with Crippen LogP contribution < -0.4 is 0 Å². The molecular weight excluding hydrogens is 240 g/mol. The Balaban J connectivity index is 2.15. The summed E-state index contributed by atoms with van der Waals surface area (Å²) < 4.78 is 5.42. The predicted octanol–water partition coefficient (Wildman–Crippen LogP) is 2.45. The second kappa shape index (κ2) is 9.50. The van der Waals surface area contributed by atoms with E-state index in [2.05, 4.69) is 6.58 Å². The van der Waals surface area contributed by atoms with Gasteiger partial charge in [-0.05, 0) is 18.4 Å². The van der Waals surface area contributed by atoms with Crippen molar-refractivity contribution >= 4 is 0 Å². The van der Waals surface area contributed by atoms with Gasteiger partial charge in [0.15, 0.2) is 0 Å². The molecule has 3 nitrogen and oxygen atoms in total. The molecule has 1 aromatic carbocycles. The van der Waals surface area contributed by atoms with Crippen LogP contribution in [-0.2, 0) is 11.3 Å². The van der Waals surface area contributed by atoms with E-state index in [-0.39, 0.29) is 13.2 Å². The van der Waals surface area contributed by atoms with Crippen molar-refractivity contribution in [1.29, 1.82) is 0 Å². The SMILES string of the molecule is C=C(C/C=C/[C@@H](O)COCc1ccccc1)CCO. The smallest absolute Gasteiger partial charge is 0.0954 e. The van der Waals surface area contributed by atoms with Gasteiger partial charge in [0.1, 0.15) is 0 Å². The van der Waals surface area contributed by atoms with Crippen LogP contribution in [0, 0.1) is 0 Å². The largest absolute Gasteiger partial charge is 0.396 e. The van der Waals surface area contributed by atoms with Crippen molar-refractivity contribution in [3.63, 3.8) is 0 Å². The molecule has 0 spiro atoms. The number of rotatable bonds is 9. The molecule has 1 atom stereocenters. The number of aliphatic hydroxyl groups is 2. The van der Waals surface area contributed by atoms with Gasteiger partial charge in [0.2, 0.25) is 0 Å². The lowest BCUT2D eigenvalue weighted by atomic mass is 10.1. The van der Waals surface area contributed by atoms with Crippen LogP contribution in [0.15, 0.2) is 54.6 Å². The first-order valence-corrected chi connectivity index (χ1v) is 6.46. The summed E-state index contributed by atoms with van der Waals surface area (Å²) in [5, 5.41) is 18.4. The van der Waals surface area contributed by atoms with Gasteiger partial charge in [0, 0.05) is 6.61 Å². The predicted molar refractivity (Wildman–Crippen MR) is 76.7 cm³/mol. The zero-order valence-corrected chi connectivity index (χ0v) is 11.2. The van der Waals surface area contributed by atoms with Crippen LogP contribution in [-0.4, -0.2) is 29.5 Å². The fourth-order valence-electron chi connectivity index (χ4n) is 1.58. The summed E-state index contributed by atoms with van der Waals surface area (Å²) in [6.07, 6.45) is 4.23. The highest BCUT2D eigenvalue weighted by molar-refractivity contribution is 5.13. The standard InChI is InChI=1S/C16H22O3/c1-14(10-11-17)6-5-9-16(18)13-19-12-15-7-3-2-4-8-15/h2-5,7-9,16-18H,1,6,10-13H2/b9-5+/t16-/m1/s1. The van der Waals surface area contributed by atoms with Crippen molar-refractivity contribution in [2.24, 2.45) is 0 Å². The van der Waals surface area contributed by atoms with Crippen LogP contribution in [0.2, 0.25) is 0 Å². The van der Waals surface area contributed by atoms with Crippen molar-refractivity contribution in [3.8, 4) is 0 Å². The maximum absolute atomic E-state index is 9.68. The van der Waals surface area contributed by atoms with Crippen molar-refractivity contribution in [3.05, 3.63) is 60.2 Å². The summed E-state index contributed by atoms with van der Waals surface area (Å²) in [4.78, 5) is 0. The molecule has 0 aromatic heterocycles. The van der Waals surface area contributed by atoms with E-state index in [0.717, 1.165) is 11.1 Å². The van der Waals surface area contributed by atoms with Crippen molar-refractivity contribution in [2.75, 3.05) is 13.2 Å². The molecule has 0 unspecified atom stereocenters. The Morgan fingerprint density at radius 2 is 2.05 bits per heavy atom. The van der Waals surface area contributed by atoms with Crippen LogP contribution in [0.4, 0.5) is 0 Å². The minimum Gasteiger partial charge on any atom is -0.396 e. The first-order chi connectivity index (χ1) is 9.22. The highest BCUT2D eigenvalue weighted by Crippen LogP contribution is 2.05. The van der Waals surface area contributed by atoms with Crippen LogP contribution in [0.3, 0.4) is 0 Å². The zero-order valence-electron chi connectivity index (χ0n) is 11.2. The molecular formula is C16H22O3. The van der Waals surface area contributed by atoms with Crippen LogP contribution >= 0.6 is 0 Å². The van der Waals surface area contributed by atoms with E-state index >= 15 is 0 Å². The lowest BCUT2D eigenvalue weighted by molar-refractivity contribution is 0.0503. The number of ether oxygens (including phenoxy) is 1. The van der Waals surface area contributed by atoms with Gasteiger partial charge in [-0.25, -0.2) is 0 Å². The Hall–Kier alpha value is -1.42. The van der Waals surface area contributed by atoms with Crippen LogP contribution in [0.25, 0.3) is 0 Å². The summed E-state index contributed by atoms with van der Waals surface area (Å²) in [5.74, 6) is 0. The van der Waals surface area contributed by atoms with Crippen LogP contribution in [0.5, 0.6) is 0 Å². The van der Waals surface area contributed by atoms with E-state index in [9.17, 15) is 5.11 Å². The molecule has 1 aromatic rings. The number of benzene rings is 1. The summed E-state index contributed by atoms with van der Waals surface area (Å²) >= 11 is 0. The van der Waals surface area contributed by atoms with Gasteiger partial charge >= 0.3 is 0 Å².